The fraction of sp³-hybridized carbons (Fsp3) is 0.375. The molecule has 0 amide bonds. The quantitative estimate of drug-likeness (QED) is 0.748. The topological polar surface area (TPSA) is 47.0 Å². The summed E-state index contributed by atoms with van der Waals surface area (Å²) in [5, 5.41) is 3.30. The Bertz CT molecular complexity index is 502. The molecule has 0 saturated carbocycles. The highest BCUT2D eigenvalue weighted by molar-refractivity contribution is 5.34. The van der Waals surface area contributed by atoms with Crippen LogP contribution >= 0.6 is 0 Å². The van der Waals surface area contributed by atoms with Crippen LogP contribution in [-0.4, -0.2) is 23.1 Å². The molecule has 0 aliphatic rings. The van der Waals surface area contributed by atoms with Gasteiger partial charge in [0.2, 0.25) is 0 Å². The molecular formula is C16H21N3O. The van der Waals surface area contributed by atoms with Crippen molar-refractivity contribution >= 4 is 5.82 Å². The minimum absolute atomic E-state index is 0.698. The van der Waals surface area contributed by atoms with Gasteiger partial charge in [0.05, 0.1) is 6.61 Å². The molecule has 4 heteroatoms. The standard InChI is InChI=1S/C16H21N3O/c1-2-7-14-12-16(19-13-18-14)17-10-6-11-20-15-8-4-3-5-9-15/h3-5,8-9,12-13H,2,6-7,10-11H2,1H3,(H,17,18,19). The molecule has 4 nitrogen and oxygen atoms in total. The number of nitrogens with one attached hydrogen (secondary N) is 1. The highest BCUT2D eigenvalue weighted by atomic mass is 16.5. The summed E-state index contributed by atoms with van der Waals surface area (Å²) in [5.41, 5.74) is 1.09. The van der Waals surface area contributed by atoms with Crippen molar-refractivity contribution in [2.75, 3.05) is 18.5 Å². The van der Waals surface area contributed by atoms with Gasteiger partial charge >= 0.3 is 0 Å². The van der Waals surface area contributed by atoms with Crippen LogP contribution in [0.1, 0.15) is 25.5 Å². The maximum absolute atomic E-state index is 5.63. The molecular weight excluding hydrogens is 250 g/mol. The number of aryl methyl sites for hydroxylation is 1. The normalized spacial score (nSPS) is 10.2. The maximum Gasteiger partial charge on any atom is 0.129 e. The predicted octanol–water partition coefficient (Wildman–Crippen LogP) is 3.31. The molecule has 1 aromatic carbocycles. The van der Waals surface area contributed by atoms with Gasteiger partial charge < -0.3 is 10.1 Å². The van der Waals surface area contributed by atoms with Gasteiger partial charge in [-0.15, -0.1) is 0 Å². The van der Waals surface area contributed by atoms with E-state index in [0.717, 1.165) is 43.1 Å². The van der Waals surface area contributed by atoms with Crippen molar-refractivity contribution in [2.45, 2.75) is 26.2 Å². The zero-order chi connectivity index (χ0) is 14.0. The van der Waals surface area contributed by atoms with Gasteiger partial charge in [-0.05, 0) is 25.0 Å². The van der Waals surface area contributed by atoms with E-state index in [1.807, 2.05) is 36.4 Å². The second-order valence-electron chi connectivity index (χ2n) is 4.59. The monoisotopic (exact) mass is 271 g/mol. The van der Waals surface area contributed by atoms with Crippen molar-refractivity contribution in [3.63, 3.8) is 0 Å². The second-order valence-corrected chi connectivity index (χ2v) is 4.59. The first-order chi connectivity index (χ1) is 9.88. The molecule has 2 aromatic rings. The SMILES string of the molecule is CCCc1cc(NCCCOc2ccccc2)ncn1. The van der Waals surface area contributed by atoms with Crippen molar-refractivity contribution < 1.29 is 4.74 Å². The Kier molecular flexibility index (Phi) is 5.83. The molecule has 2 rings (SSSR count). The number of para-hydroxylation sites is 1. The van der Waals surface area contributed by atoms with Crippen LogP contribution in [0.25, 0.3) is 0 Å². The zero-order valence-electron chi connectivity index (χ0n) is 11.9. The van der Waals surface area contributed by atoms with Gasteiger partial charge in [-0.3, -0.25) is 0 Å². The first kappa shape index (κ1) is 14.3. The summed E-state index contributed by atoms with van der Waals surface area (Å²) in [7, 11) is 0. The van der Waals surface area contributed by atoms with Crippen LogP contribution < -0.4 is 10.1 Å². The smallest absolute Gasteiger partial charge is 0.129 e. The van der Waals surface area contributed by atoms with Crippen LogP contribution in [0.15, 0.2) is 42.7 Å². The summed E-state index contributed by atoms with van der Waals surface area (Å²) in [6, 6.07) is 11.9. The molecule has 1 heterocycles. The van der Waals surface area contributed by atoms with Crippen LogP contribution in [0.3, 0.4) is 0 Å². The lowest BCUT2D eigenvalue weighted by molar-refractivity contribution is 0.315. The lowest BCUT2D eigenvalue weighted by Crippen LogP contribution is -2.08. The number of nitrogens with zero attached hydrogens (tertiary/aromatic N) is 2. The van der Waals surface area contributed by atoms with Crippen molar-refractivity contribution in [2.24, 2.45) is 0 Å². The third-order valence-corrected chi connectivity index (χ3v) is 2.87. The van der Waals surface area contributed by atoms with Gasteiger partial charge in [-0.25, -0.2) is 9.97 Å². The van der Waals surface area contributed by atoms with E-state index in [0.29, 0.717) is 6.61 Å². The molecule has 0 unspecified atom stereocenters. The van der Waals surface area contributed by atoms with Crippen molar-refractivity contribution in [3.05, 3.63) is 48.4 Å². The van der Waals surface area contributed by atoms with Crippen LogP contribution in [0.4, 0.5) is 5.82 Å². The van der Waals surface area contributed by atoms with Gasteiger partial charge in [0.15, 0.2) is 0 Å². The Labute approximate surface area is 120 Å². The van der Waals surface area contributed by atoms with E-state index >= 15 is 0 Å². The Morgan fingerprint density at radius 3 is 2.80 bits per heavy atom. The number of benzene rings is 1. The molecule has 0 fully saturated rings. The molecule has 0 bridgehead atoms. The fourth-order valence-corrected chi connectivity index (χ4v) is 1.88. The first-order valence-electron chi connectivity index (χ1n) is 7.11. The Hall–Kier alpha value is -2.10. The van der Waals surface area contributed by atoms with E-state index in [1.165, 1.54) is 0 Å². The number of anilines is 1. The van der Waals surface area contributed by atoms with E-state index in [2.05, 4.69) is 22.2 Å². The number of hydrogen-bond acceptors (Lipinski definition) is 4. The highest BCUT2D eigenvalue weighted by Gasteiger charge is 1.98. The summed E-state index contributed by atoms with van der Waals surface area (Å²) < 4.78 is 5.63. The largest absolute Gasteiger partial charge is 0.494 e. The minimum Gasteiger partial charge on any atom is -0.494 e. The van der Waals surface area contributed by atoms with Gasteiger partial charge in [0.1, 0.15) is 17.9 Å². The number of hydrogen-bond donors (Lipinski definition) is 1. The van der Waals surface area contributed by atoms with E-state index in [-0.39, 0.29) is 0 Å². The molecule has 106 valence electrons. The van der Waals surface area contributed by atoms with Crippen LogP contribution in [-0.2, 0) is 6.42 Å². The van der Waals surface area contributed by atoms with Crippen LogP contribution in [0.2, 0.25) is 0 Å². The van der Waals surface area contributed by atoms with E-state index in [4.69, 9.17) is 4.74 Å². The Balaban J connectivity index is 1.67. The fourth-order valence-electron chi connectivity index (χ4n) is 1.88. The molecule has 0 aliphatic heterocycles. The summed E-state index contributed by atoms with van der Waals surface area (Å²) in [4.78, 5) is 8.45. The highest BCUT2D eigenvalue weighted by Crippen LogP contribution is 2.09. The second kappa shape index (κ2) is 8.15. The lowest BCUT2D eigenvalue weighted by Gasteiger charge is -2.08. The lowest BCUT2D eigenvalue weighted by atomic mass is 10.2. The molecule has 0 aliphatic carbocycles. The van der Waals surface area contributed by atoms with Crippen LogP contribution in [0, 0.1) is 0 Å². The molecule has 0 atom stereocenters. The Morgan fingerprint density at radius 1 is 1.15 bits per heavy atom. The van der Waals surface area contributed by atoms with E-state index < -0.39 is 0 Å². The zero-order valence-corrected chi connectivity index (χ0v) is 11.9. The van der Waals surface area contributed by atoms with Crippen molar-refractivity contribution in [3.8, 4) is 5.75 Å². The number of aromatic nitrogens is 2. The molecule has 0 radical (unpaired) electrons. The van der Waals surface area contributed by atoms with Gasteiger partial charge in [0, 0.05) is 18.3 Å². The molecule has 0 saturated heterocycles. The third kappa shape index (κ3) is 4.88. The molecule has 1 aromatic heterocycles. The number of ether oxygens (including phenoxy) is 1. The number of rotatable bonds is 8. The molecule has 0 spiro atoms. The molecule has 20 heavy (non-hydrogen) atoms. The Morgan fingerprint density at radius 2 is 2.00 bits per heavy atom. The third-order valence-electron chi connectivity index (χ3n) is 2.87. The van der Waals surface area contributed by atoms with Gasteiger partial charge in [-0.1, -0.05) is 31.5 Å². The minimum atomic E-state index is 0.698. The first-order valence-corrected chi connectivity index (χ1v) is 7.11. The molecule has 1 N–H and O–H groups in total. The average molecular weight is 271 g/mol. The maximum atomic E-state index is 5.63. The van der Waals surface area contributed by atoms with Gasteiger partial charge in [0.25, 0.3) is 0 Å². The predicted molar refractivity (Wildman–Crippen MR) is 81.1 cm³/mol. The van der Waals surface area contributed by atoms with Crippen molar-refractivity contribution in [1.29, 1.82) is 0 Å². The van der Waals surface area contributed by atoms with E-state index in [1.54, 1.807) is 6.33 Å². The van der Waals surface area contributed by atoms with E-state index in [9.17, 15) is 0 Å². The average Bonchev–Trinajstić information content (AvgIpc) is 2.49. The summed E-state index contributed by atoms with van der Waals surface area (Å²) in [6.07, 6.45) is 4.64. The van der Waals surface area contributed by atoms with Gasteiger partial charge in [-0.2, -0.15) is 0 Å². The summed E-state index contributed by atoms with van der Waals surface area (Å²) >= 11 is 0. The summed E-state index contributed by atoms with van der Waals surface area (Å²) in [6.45, 7) is 3.69. The van der Waals surface area contributed by atoms with Crippen LogP contribution in [0.5, 0.6) is 5.75 Å². The van der Waals surface area contributed by atoms with Crippen molar-refractivity contribution in [1.82, 2.24) is 9.97 Å². The summed E-state index contributed by atoms with van der Waals surface area (Å²) in [5.74, 6) is 1.81.